The number of pyridine rings is 1. The van der Waals surface area contributed by atoms with E-state index < -0.39 is 6.10 Å². The lowest BCUT2D eigenvalue weighted by molar-refractivity contribution is 0.177. The zero-order valence-corrected chi connectivity index (χ0v) is 10.3. The van der Waals surface area contributed by atoms with Crippen LogP contribution in [0.1, 0.15) is 17.4 Å². The zero-order chi connectivity index (χ0) is 11.4. The van der Waals surface area contributed by atoms with E-state index in [1.54, 1.807) is 6.20 Å². The smallest absolute Gasteiger partial charge is 0.0845 e. The molecule has 2 nitrogen and oxygen atoms in total. The monoisotopic (exact) mass is 277 g/mol. The first-order chi connectivity index (χ1) is 7.75. The number of nitrogens with zero attached hydrogens (tertiary/aromatic N) is 1. The maximum absolute atomic E-state index is 10.0. The number of aliphatic hydroxyl groups is 1. The van der Waals surface area contributed by atoms with E-state index in [0.717, 1.165) is 15.7 Å². The van der Waals surface area contributed by atoms with Gasteiger partial charge in [-0.3, -0.25) is 4.98 Å². The van der Waals surface area contributed by atoms with Crippen LogP contribution in [-0.4, -0.2) is 10.1 Å². The van der Waals surface area contributed by atoms with E-state index in [0.29, 0.717) is 6.42 Å². The van der Waals surface area contributed by atoms with Gasteiger partial charge in [0.2, 0.25) is 0 Å². The minimum absolute atomic E-state index is 0.507. The van der Waals surface area contributed by atoms with Gasteiger partial charge in [-0.15, -0.1) is 0 Å². The molecule has 1 heterocycles. The van der Waals surface area contributed by atoms with E-state index in [2.05, 4.69) is 20.9 Å². The average Bonchev–Trinajstić information content (AvgIpc) is 2.30. The number of hydrogen-bond donors (Lipinski definition) is 1. The third kappa shape index (κ3) is 2.90. The van der Waals surface area contributed by atoms with E-state index in [4.69, 9.17) is 0 Å². The average molecular weight is 278 g/mol. The summed E-state index contributed by atoms with van der Waals surface area (Å²) >= 11 is 3.39. The molecule has 82 valence electrons. The summed E-state index contributed by atoms with van der Waals surface area (Å²) in [6, 6.07) is 13.4. The molecule has 0 aliphatic carbocycles. The summed E-state index contributed by atoms with van der Waals surface area (Å²) in [7, 11) is 0. The summed E-state index contributed by atoms with van der Waals surface area (Å²) in [4.78, 5) is 4.19. The Kier molecular flexibility index (Phi) is 3.70. The van der Waals surface area contributed by atoms with Crippen LogP contribution in [0.25, 0.3) is 0 Å². The molecule has 0 saturated heterocycles. The SMILES string of the molecule is OC(Cc1ccccn1)c1cccc(Br)c1. The summed E-state index contributed by atoms with van der Waals surface area (Å²) in [5.74, 6) is 0. The van der Waals surface area contributed by atoms with Crippen LogP contribution in [-0.2, 0) is 6.42 Å². The predicted molar refractivity (Wildman–Crippen MR) is 67.0 cm³/mol. The van der Waals surface area contributed by atoms with Crippen molar-refractivity contribution < 1.29 is 5.11 Å². The van der Waals surface area contributed by atoms with Crippen LogP contribution in [0.4, 0.5) is 0 Å². The summed E-state index contributed by atoms with van der Waals surface area (Å²) in [6.45, 7) is 0. The van der Waals surface area contributed by atoms with E-state index >= 15 is 0 Å². The number of rotatable bonds is 3. The molecule has 0 aliphatic rings. The van der Waals surface area contributed by atoms with Crippen molar-refractivity contribution in [3.8, 4) is 0 Å². The minimum atomic E-state index is -0.507. The molecule has 2 aromatic rings. The fraction of sp³-hybridized carbons (Fsp3) is 0.154. The second-order valence-electron chi connectivity index (χ2n) is 3.60. The van der Waals surface area contributed by atoms with Gasteiger partial charge in [0.25, 0.3) is 0 Å². The van der Waals surface area contributed by atoms with Gasteiger partial charge in [0.1, 0.15) is 0 Å². The molecule has 1 unspecified atom stereocenters. The Morgan fingerprint density at radius 3 is 2.75 bits per heavy atom. The van der Waals surface area contributed by atoms with Crippen LogP contribution < -0.4 is 0 Å². The van der Waals surface area contributed by atoms with Crippen molar-refractivity contribution in [2.75, 3.05) is 0 Å². The number of aromatic nitrogens is 1. The second-order valence-corrected chi connectivity index (χ2v) is 4.51. The Morgan fingerprint density at radius 2 is 2.06 bits per heavy atom. The topological polar surface area (TPSA) is 33.1 Å². The standard InChI is InChI=1S/C13H12BrNO/c14-11-5-3-4-10(8-11)13(16)9-12-6-1-2-7-15-12/h1-8,13,16H,9H2. The fourth-order valence-electron chi connectivity index (χ4n) is 1.55. The molecule has 1 N–H and O–H groups in total. The molecule has 1 atom stereocenters. The van der Waals surface area contributed by atoms with Gasteiger partial charge in [-0.1, -0.05) is 34.1 Å². The highest BCUT2D eigenvalue weighted by Gasteiger charge is 2.09. The lowest BCUT2D eigenvalue weighted by atomic mass is 10.0. The number of halogens is 1. The van der Waals surface area contributed by atoms with Crippen LogP contribution in [0.3, 0.4) is 0 Å². The molecule has 0 radical (unpaired) electrons. The van der Waals surface area contributed by atoms with Crippen molar-refractivity contribution in [1.29, 1.82) is 0 Å². The van der Waals surface area contributed by atoms with Crippen molar-refractivity contribution in [3.05, 3.63) is 64.4 Å². The van der Waals surface area contributed by atoms with E-state index in [9.17, 15) is 5.11 Å². The third-order valence-corrected chi connectivity index (χ3v) is 2.86. The number of benzene rings is 1. The quantitative estimate of drug-likeness (QED) is 0.935. The van der Waals surface area contributed by atoms with Gasteiger partial charge < -0.3 is 5.11 Å². The molecule has 1 aromatic heterocycles. The molecule has 0 fully saturated rings. The Morgan fingerprint density at radius 1 is 1.19 bits per heavy atom. The summed E-state index contributed by atoms with van der Waals surface area (Å²) in [5.41, 5.74) is 1.80. The molecule has 0 spiro atoms. The first-order valence-corrected chi connectivity index (χ1v) is 5.88. The normalized spacial score (nSPS) is 12.4. The Labute approximate surface area is 103 Å². The van der Waals surface area contributed by atoms with Gasteiger partial charge in [-0.25, -0.2) is 0 Å². The maximum Gasteiger partial charge on any atom is 0.0845 e. The Bertz CT molecular complexity index is 458. The highest BCUT2D eigenvalue weighted by molar-refractivity contribution is 9.10. The predicted octanol–water partition coefficient (Wildman–Crippen LogP) is 3.12. The lowest BCUT2D eigenvalue weighted by Gasteiger charge is -2.10. The van der Waals surface area contributed by atoms with Crippen molar-refractivity contribution in [2.24, 2.45) is 0 Å². The van der Waals surface area contributed by atoms with E-state index in [1.807, 2.05) is 42.5 Å². The van der Waals surface area contributed by atoms with Crippen LogP contribution in [0, 0.1) is 0 Å². The first kappa shape index (κ1) is 11.3. The van der Waals surface area contributed by atoms with Crippen LogP contribution in [0.5, 0.6) is 0 Å². The Balaban J connectivity index is 2.12. The van der Waals surface area contributed by atoms with Crippen LogP contribution in [0.2, 0.25) is 0 Å². The van der Waals surface area contributed by atoms with Gasteiger partial charge in [-0.05, 0) is 29.8 Å². The van der Waals surface area contributed by atoms with Gasteiger partial charge in [-0.2, -0.15) is 0 Å². The molecule has 0 amide bonds. The highest BCUT2D eigenvalue weighted by atomic mass is 79.9. The summed E-state index contributed by atoms with van der Waals surface area (Å²) in [5, 5.41) is 10.0. The minimum Gasteiger partial charge on any atom is -0.388 e. The number of hydrogen-bond acceptors (Lipinski definition) is 2. The Hall–Kier alpha value is -1.19. The molecular formula is C13H12BrNO. The van der Waals surface area contributed by atoms with Crippen LogP contribution >= 0.6 is 15.9 Å². The zero-order valence-electron chi connectivity index (χ0n) is 8.68. The van der Waals surface area contributed by atoms with Crippen molar-refractivity contribution in [2.45, 2.75) is 12.5 Å². The summed E-state index contributed by atoms with van der Waals surface area (Å²) in [6.07, 6.45) is 1.77. The largest absolute Gasteiger partial charge is 0.388 e. The van der Waals surface area contributed by atoms with Gasteiger partial charge in [0.15, 0.2) is 0 Å². The highest BCUT2D eigenvalue weighted by Crippen LogP contribution is 2.20. The van der Waals surface area contributed by atoms with Crippen molar-refractivity contribution in [1.82, 2.24) is 4.98 Å². The maximum atomic E-state index is 10.0. The third-order valence-electron chi connectivity index (χ3n) is 2.36. The van der Waals surface area contributed by atoms with Gasteiger partial charge in [0, 0.05) is 22.8 Å². The van der Waals surface area contributed by atoms with Gasteiger partial charge >= 0.3 is 0 Å². The lowest BCUT2D eigenvalue weighted by Crippen LogP contribution is -2.02. The molecule has 0 aliphatic heterocycles. The first-order valence-electron chi connectivity index (χ1n) is 5.09. The van der Waals surface area contributed by atoms with Gasteiger partial charge in [0.05, 0.1) is 6.10 Å². The van der Waals surface area contributed by atoms with E-state index in [1.165, 1.54) is 0 Å². The molecule has 0 bridgehead atoms. The van der Waals surface area contributed by atoms with Crippen LogP contribution in [0.15, 0.2) is 53.1 Å². The molecule has 1 aromatic carbocycles. The van der Waals surface area contributed by atoms with Crippen molar-refractivity contribution >= 4 is 15.9 Å². The molecular weight excluding hydrogens is 266 g/mol. The van der Waals surface area contributed by atoms with E-state index in [-0.39, 0.29) is 0 Å². The summed E-state index contributed by atoms with van der Waals surface area (Å²) < 4.78 is 0.977. The fourth-order valence-corrected chi connectivity index (χ4v) is 1.97. The number of aliphatic hydroxyl groups excluding tert-OH is 1. The molecule has 16 heavy (non-hydrogen) atoms. The second kappa shape index (κ2) is 5.23. The molecule has 2 rings (SSSR count). The molecule has 0 saturated carbocycles. The molecule has 3 heteroatoms. The van der Waals surface area contributed by atoms with Crippen molar-refractivity contribution in [3.63, 3.8) is 0 Å².